The molecule has 3 rings (SSSR count). The molecule has 2 aromatic rings. The van der Waals surface area contributed by atoms with Gasteiger partial charge >= 0.3 is 0 Å². The van der Waals surface area contributed by atoms with E-state index in [0.29, 0.717) is 23.8 Å². The summed E-state index contributed by atoms with van der Waals surface area (Å²) in [5, 5.41) is 2.81. The zero-order valence-electron chi connectivity index (χ0n) is 15.8. The zero-order valence-corrected chi connectivity index (χ0v) is 16.6. The SMILES string of the molecule is COc1ccc(OC2CC(C)N(Cc3sc(NC(C)=O)nc3F)C2)c(C)n1. The second-order valence-corrected chi connectivity index (χ2v) is 7.69. The van der Waals surface area contributed by atoms with E-state index in [9.17, 15) is 9.18 Å². The molecular weight excluding hydrogens is 371 g/mol. The third-order valence-corrected chi connectivity index (χ3v) is 5.39. The molecule has 1 amide bonds. The first-order valence-corrected chi connectivity index (χ1v) is 9.52. The highest BCUT2D eigenvalue weighted by molar-refractivity contribution is 7.15. The number of nitrogens with zero attached hydrogens (tertiary/aromatic N) is 3. The first-order valence-electron chi connectivity index (χ1n) is 8.70. The highest BCUT2D eigenvalue weighted by Crippen LogP contribution is 2.29. The maximum Gasteiger partial charge on any atom is 0.230 e. The Morgan fingerprint density at radius 3 is 2.89 bits per heavy atom. The van der Waals surface area contributed by atoms with E-state index in [1.165, 1.54) is 6.92 Å². The number of pyridine rings is 1. The number of aryl methyl sites for hydroxylation is 1. The topological polar surface area (TPSA) is 76.6 Å². The van der Waals surface area contributed by atoms with Gasteiger partial charge in [-0.05, 0) is 19.9 Å². The van der Waals surface area contributed by atoms with Crippen molar-refractivity contribution in [3.63, 3.8) is 0 Å². The van der Waals surface area contributed by atoms with Gasteiger partial charge in [-0.2, -0.15) is 9.37 Å². The lowest BCUT2D eigenvalue weighted by Gasteiger charge is -2.19. The number of aromatic nitrogens is 2. The lowest BCUT2D eigenvalue weighted by molar-refractivity contribution is -0.114. The van der Waals surface area contributed by atoms with Crippen molar-refractivity contribution in [2.45, 2.75) is 45.9 Å². The van der Waals surface area contributed by atoms with Crippen LogP contribution >= 0.6 is 11.3 Å². The van der Waals surface area contributed by atoms with Gasteiger partial charge in [-0.15, -0.1) is 0 Å². The molecule has 1 N–H and O–H groups in total. The summed E-state index contributed by atoms with van der Waals surface area (Å²) < 4.78 is 25.3. The summed E-state index contributed by atoms with van der Waals surface area (Å²) in [7, 11) is 1.58. The number of rotatable bonds is 6. The third-order valence-electron chi connectivity index (χ3n) is 4.46. The van der Waals surface area contributed by atoms with Crippen LogP contribution < -0.4 is 14.8 Å². The maximum atomic E-state index is 14.1. The largest absolute Gasteiger partial charge is 0.487 e. The fourth-order valence-electron chi connectivity index (χ4n) is 3.11. The number of carbonyl (C=O) groups is 1. The number of thiazole rings is 1. The third kappa shape index (κ3) is 4.72. The highest BCUT2D eigenvalue weighted by atomic mass is 32.1. The van der Waals surface area contributed by atoms with Crippen molar-refractivity contribution in [1.82, 2.24) is 14.9 Å². The molecule has 2 aromatic heterocycles. The second-order valence-electron chi connectivity index (χ2n) is 6.61. The summed E-state index contributed by atoms with van der Waals surface area (Å²) in [6.45, 7) is 6.46. The van der Waals surface area contributed by atoms with E-state index >= 15 is 0 Å². The zero-order chi connectivity index (χ0) is 19.6. The molecule has 1 aliphatic rings. The molecule has 0 aliphatic carbocycles. The minimum atomic E-state index is -0.532. The standard InChI is InChI=1S/C18H23FN4O3S/c1-10-7-13(26-14-5-6-16(25-4)20-11(14)2)8-23(10)9-15-17(19)22-18(27-15)21-12(3)24/h5-6,10,13H,7-9H2,1-4H3,(H,21,22,24). The normalized spacial score (nSPS) is 19.9. The lowest BCUT2D eigenvalue weighted by Crippen LogP contribution is -2.28. The van der Waals surface area contributed by atoms with Crippen LogP contribution in [-0.4, -0.2) is 46.6 Å². The quantitative estimate of drug-likeness (QED) is 0.812. The van der Waals surface area contributed by atoms with E-state index in [-0.39, 0.29) is 23.2 Å². The Hall–Kier alpha value is -2.26. The fraction of sp³-hybridized carbons (Fsp3) is 0.500. The lowest BCUT2D eigenvalue weighted by atomic mass is 10.2. The first-order chi connectivity index (χ1) is 12.9. The van der Waals surface area contributed by atoms with Gasteiger partial charge < -0.3 is 14.8 Å². The van der Waals surface area contributed by atoms with Gasteiger partial charge in [0, 0.05) is 38.5 Å². The molecule has 0 aromatic carbocycles. The number of likely N-dealkylation sites (tertiary alicyclic amines) is 1. The Balaban J connectivity index is 1.63. The van der Waals surface area contributed by atoms with Crippen LogP contribution in [0.2, 0.25) is 0 Å². The average molecular weight is 394 g/mol. The number of halogens is 1. The summed E-state index contributed by atoms with van der Waals surface area (Å²) in [5.74, 6) is 0.487. The molecule has 2 unspecified atom stereocenters. The van der Waals surface area contributed by atoms with E-state index < -0.39 is 5.95 Å². The fourth-order valence-corrected chi connectivity index (χ4v) is 4.03. The van der Waals surface area contributed by atoms with Crippen LogP contribution in [0.25, 0.3) is 0 Å². The van der Waals surface area contributed by atoms with Crippen molar-refractivity contribution in [2.75, 3.05) is 19.0 Å². The monoisotopic (exact) mass is 394 g/mol. The molecule has 27 heavy (non-hydrogen) atoms. The minimum Gasteiger partial charge on any atom is -0.487 e. The number of amides is 1. The number of methoxy groups -OCH3 is 1. The maximum absolute atomic E-state index is 14.1. The summed E-state index contributed by atoms with van der Waals surface area (Å²) in [6.07, 6.45) is 0.837. The Bertz CT molecular complexity index is 829. The minimum absolute atomic E-state index is 0.000285. The average Bonchev–Trinajstić information content (AvgIpc) is 3.11. The van der Waals surface area contributed by atoms with Crippen molar-refractivity contribution >= 4 is 22.4 Å². The van der Waals surface area contributed by atoms with Gasteiger partial charge in [-0.3, -0.25) is 9.69 Å². The van der Waals surface area contributed by atoms with Crippen LogP contribution in [0.15, 0.2) is 12.1 Å². The Morgan fingerprint density at radius 2 is 2.22 bits per heavy atom. The van der Waals surface area contributed by atoms with Crippen LogP contribution in [0, 0.1) is 12.9 Å². The van der Waals surface area contributed by atoms with E-state index in [2.05, 4.69) is 27.1 Å². The number of ether oxygens (including phenoxy) is 2. The van der Waals surface area contributed by atoms with Crippen molar-refractivity contribution < 1.29 is 18.7 Å². The molecule has 0 saturated carbocycles. The highest BCUT2D eigenvalue weighted by Gasteiger charge is 2.32. The first kappa shape index (κ1) is 19.5. The Morgan fingerprint density at radius 1 is 1.44 bits per heavy atom. The second kappa shape index (κ2) is 8.18. The van der Waals surface area contributed by atoms with Gasteiger partial charge in [0.1, 0.15) is 11.9 Å². The Labute approximate surface area is 161 Å². The Kier molecular flexibility index (Phi) is 5.91. The van der Waals surface area contributed by atoms with Gasteiger partial charge in [0.2, 0.25) is 17.7 Å². The number of nitrogens with one attached hydrogen (secondary N) is 1. The summed E-state index contributed by atoms with van der Waals surface area (Å²) in [4.78, 5) is 21.9. The van der Waals surface area contributed by atoms with Crippen molar-refractivity contribution in [2.24, 2.45) is 0 Å². The summed E-state index contributed by atoms with van der Waals surface area (Å²) >= 11 is 1.16. The van der Waals surface area contributed by atoms with Gasteiger partial charge in [0.25, 0.3) is 0 Å². The van der Waals surface area contributed by atoms with Crippen LogP contribution in [0.1, 0.15) is 30.8 Å². The number of anilines is 1. The van der Waals surface area contributed by atoms with Crippen LogP contribution in [0.5, 0.6) is 11.6 Å². The van der Waals surface area contributed by atoms with Crippen molar-refractivity contribution in [1.29, 1.82) is 0 Å². The molecule has 3 heterocycles. The van der Waals surface area contributed by atoms with E-state index in [1.54, 1.807) is 13.2 Å². The van der Waals surface area contributed by atoms with Crippen LogP contribution in [0.4, 0.5) is 9.52 Å². The molecule has 1 aliphatic heterocycles. The van der Waals surface area contributed by atoms with Crippen molar-refractivity contribution in [3.05, 3.63) is 28.7 Å². The molecule has 0 radical (unpaired) electrons. The van der Waals surface area contributed by atoms with E-state index in [0.717, 1.165) is 29.2 Å². The summed E-state index contributed by atoms with van der Waals surface area (Å²) in [6, 6.07) is 3.87. The molecule has 146 valence electrons. The van der Waals surface area contributed by atoms with Gasteiger partial charge in [-0.1, -0.05) is 11.3 Å². The van der Waals surface area contributed by atoms with Crippen molar-refractivity contribution in [3.8, 4) is 11.6 Å². The van der Waals surface area contributed by atoms with Gasteiger partial charge in [0.05, 0.1) is 17.7 Å². The van der Waals surface area contributed by atoms with Crippen LogP contribution in [-0.2, 0) is 11.3 Å². The number of carbonyl (C=O) groups excluding carboxylic acids is 1. The predicted octanol–water partition coefficient (Wildman–Crippen LogP) is 2.99. The molecule has 2 atom stereocenters. The number of hydrogen-bond donors (Lipinski definition) is 1. The molecule has 0 bridgehead atoms. The summed E-state index contributed by atoms with van der Waals surface area (Å²) in [5.41, 5.74) is 0.772. The predicted molar refractivity (Wildman–Crippen MR) is 101 cm³/mol. The molecule has 1 fully saturated rings. The van der Waals surface area contributed by atoms with E-state index in [4.69, 9.17) is 9.47 Å². The smallest absolute Gasteiger partial charge is 0.230 e. The molecule has 1 saturated heterocycles. The van der Waals surface area contributed by atoms with E-state index in [1.807, 2.05) is 13.0 Å². The molecular formula is C18H23FN4O3S. The van der Waals surface area contributed by atoms with Gasteiger partial charge in [0.15, 0.2) is 5.13 Å². The molecule has 9 heteroatoms. The molecule has 0 spiro atoms. The number of hydrogen-bond acceptors (Lipinski definition) is 7. The molecule has 7 nitrogen and oxygen atoms in total. The van der Waals surface area contributed by atoms with Gasteiger partial charge in [-0.25, -0.2) is 4.98 Å². The van der Waals surface area contributed by atoms with Crippen LogP contribution in [0.3, 0.4) is 0 Å².